The van der Waals surface area contributed by atoms with E-state index in [0.717, 1.165) is 0 Å². The van der Waals surface area contributed by atoms with E-state index in [1.165, 1.54) is 36.0 Å². The maximum atomic E-state index is 14.0. The number of ether oxygens (including phenoxy) is 1. The summed E-state index contributed by atoms with van der Waals surface area (Å²) in [4.78, 5) is 0. The van der Waals surface area contributed by atoms with Gasteiger partial charge < -0.3 is 4.74 Å². The molecule has 3 aromatic rings. The third-order valence-corrected chi connectivity index (χ3v) is 5.67. The number of hydrogen-bond acceptors (Lipinski definition) is 4. The fourth-order valence-electron chi connectivity index (χ4n) is 2.63. The highest BCUT2D eigenvalue weighted by Gasteiger charge is 2.20. The van der Waals surface area contributed by atoms with Crippen LogP contribution in [0.4, 0.5) is 8.78 Å². The Morgan fingerprint density at radius 3 is 2.69 bits per heavy atom. The lowest BCUT2D eigenvalue weighted by Gasteiger charge is -2.16. The molecule has 1 aromatic heterocycles. The molecule has 0 radical (unpaired) electrons. The first kappa shape index (κ1) is 21.6. The third kappa shape index (κ3) is 5.10. The van der Waals surface area contributed by atoms with E-state index in [9.17, 15) is 8.78 Å². The van der Waals surface area contributed by atoms with Gasteiger partial charge in [0, 0.05) is 22.9 Å². The fourth-order valence-corrected chi connectivity index (χ4v) is 4.14. The molecule has 0 saturated heterocycles. The lowest BCUT2D eigenvalue weighted by Crippen LogP contribution is -2.12. The Morgan fingerprint density at radius 1 is 1.21 bits per heavy atom. The SMILES string of the molecule is C=CCn1c(SCc2c(F)cccc2Cl)nnc1C(C)Oc1ccc(F)cc1Cl. The van der Waals surface area contributed by atoms with Crippen LogP contribution in [0.2, 0.25) is 10.0 Å². The average Bonchev–Trinajstić information content (AvgIpc) is 3.07. The first-order valence-corrected chi connectivity index (χ1v) is 10.4. The summed E-state index contributed by atoms with van der Waals surface area (Å²) in [5.41, 5.74) is 0.399. The van der Waals surface area contributed by atoms with Crippen LogP contribution in [-0.2, 0) is 12.3 Å². The summed E-state index contributed by atoms with van der Waals surface area (Å²) in [5, 5.41) is 9.50. The van der Waals surface area contributed by atoms with Crippen LogP contribution in [0, 0.1) is 11.6 Å². The molecule has 0 amide bonds. The van der Waals surface area contributed by atoms with Crippen LogP contribution in [0.1, 0.15) is 24.4 Å². The largest absolute Gasteiger partial charge is 0.481 e. The second-order valence-corrected chi connectivity index (χ2v) is 7.82. The molecule has 0 N–H and O–H groups in total. The Balaban J connectivity index is 1.81. The minimum atomic E-state index is -0.517. The first-order valence-electron chi connectivity index (χ1n) is 8.62. The van der Waals surface area contributed by atoms with Crippen LogP contribution in [-0.4, -0.2) is 14.8 Å². The maximum absolute atomic E-state index is 14.0. The van der Waals surface area contributed by atoms with Crippen molar-refractivity contribution in [2.24, 2.45) is 0 Å². The Morgan fingerprint density at radius 2 is 2.00 bits per heavy atom. The Labute approximate surface area is 181 Å². The van der Waals surface area contributed by atoms with Crippen LogP contribution in [0.5, 0.6) is 5.75 Å². The lowest BCUT2D eigenvalue weighted by atomic mass is 10.2. The molecule has 29 heavy (non-hydrogen) atoms. The van der Waals surface area contributed by atoms with E-state index in [2.05, 4.69) is 16.8 Å². The molecule has 0 aliphatic heterocycles. The first-order chi connectivity index (χ1) is 13.9. The summed E-state index contributed by atoms with van der Waals surface area (Å²) >= 11 is 13.4. The molecule has 2 aromatic carbocycles. The molecular formula is C20H17Cl2F2N3OS. The second-order valence-electron chi connectivity index (χ2n) is 6.06. The number of nitrogens with zero attached hydrogens (tertiary/aromatic N) is 3. The second kappa shape index (κ2) is 9.61. The maximum Gasteiger partial charge on any atom is 0.191 e. The van der Waals surface area contributed by atoms with Gasteiger partial charge in [0.25, 0.3) is 0 Å². The van der Waals surface area contributed by atoms with Crippen molar-refractivity contribution in [3.8, 4) is 5.75 Å². The zero-order valence-electron chi connectivity index (χ0n) is 15.4. The smallest absolute Gasteiger partial charge is 0.191 e. The minimum Gasteiger partial charge on any atom is -0.481 e. The number of halogens is 4. The Bertz CT molecular complexity index is 1010. The quantitative estimate of drug-likeness (QED) is 0.287. The molecule has 0 saturated carbocycles. The van der Waals surface area contributed by atoms with Crippen LogP contribution in [0.3, 0.4) is 0 Å². The summed E-state index contributed by atoms with van der Waals surface area (Å²) in [6.45, 7) is 5.98. The average molecular weight is 456 g/mol. The number of thioether (sulfide) groups is 1. The van der Waals surface area contributed by atoms with Crippen LogP contribution in [0.25, 0.3) is 0 Å². The van der Waals surface area contributed by atoms with Crippen molar-refractivity contribution in [3.63, 3.8) is 0 Å². The van der Waals surface area contributed by atoms with Crippen molar-refractivity contribution in [2.45, 2.75) is 30.5 Å². The van der Waals surface area contributed by atoms with Gasteiger partial charge in [0.1, 0.15) is 17.4 Å². The molecule has 0 aliphatic rings. The predicted octanol–water partition coefficient (Wildman–Crippen LogP) is 6.48. The van der Waals surface area contributed by atoms with Gasteiger partial charge in [0.15, 0.2) is 17.1 Å². The highest BCUT2D eigenvalue weighted by molar-refractivity contribution is 7.98. The number of hydrogen-bond donors (Lipinski definition) is 0. The normalized spacial score (nSPS) is 12.0. The standard InChI is InChI=1S/C20H17Cl2F2N3OS/c1-3-9-27-19(12(2)28-18-8-7-13(23)10-16(18)22)25-26-20(27)29-11-14-15(21)5-4-6-17(14)24/h3-8,10,12H,1,9,11H2,2H3. The summed E-state index contributed by atoms with van der Waals surface area (Å²) in [5.74, 6) is 0.339. The molecule has 152 valence electrons. The zero-order chi connectivity index (χ0) is 21.0. The van der Waals surface area contributed by atoms with Gasteiger partial charge in [0.2, 0.25) is 0 Å². The van der Waals surface area contributed by atoms with Crippen LogP contribution < -0.4 is 4.74 Å². The molecule has 3 rings (SSSR count). The van der Waals surface area contributed by atoms with Gasteiger partial charge in [0.05, 0.1) is 5.02 Å². The van der Waals surface area contributed by atoms with Crippen molar-refractivity contribution in [3.05, 3.63) is 82.1 Å². The summed E-state index contributed by atoms with van der Waals surface area (Å²) in [6, 6.07) is 8.47. The summed E-state index contributed by atoms with van der Waals surface area (Å²) in [7, 11) is 0. The molecule has 9 heteroatoms. The summed E-state index contributed by atoms with van der Waals surface area (Å²) < 4.78 is 34.9. The Hall–Kier alpha value is -2.09. The molecule has 0 aliphatic carbocycles. The number of aromatic nitrogens is 3. The highest BCUT2D eigenvalue weighted by Crippen LogP contribution is 2.32. The zero-order valence-corrected chi connectivity index (χ0v) is 17.7. The van der Waals surface area contributed by atoms with Gasteiger partial charge in [-0.3, -0.25) is 4.57 Å². The van der Waals surface area contributed by atoms with E-state index in [1.54, 1.807) is 25.1 Å². The van der Waals surface area contributed by atoms with Gasteiger partial charge in [-0.2, -0.15) is 0 Å². The highest BCUT2D eigenvalue weighted by atomic mass is 35.5. The number of allylic oxidation sites excluding steroid dienone is 1. The number of rotatable bonds is 8. The molecule has 0 bridgehead atoms. The van der Waals surface area contributed by atoms with Gasteiger partial charge in [-0.1, -0.05) is 47.1 Å². The van der Waals surface area contributed by atoms with Crippen molar-refractivity contribution < 1.29 is 13.5 Å². The van der Waals surface area contributed by atoms with Crippen molar-refractivity contribution in [2.75, 3.05) is 0 Å². The van der Waals surface area contributed by atoms with E-state index < -0.39 is 11.9 Å². The van der Waals surface area contributed by atoms with Crippen LogP contribution >= 0.6 is 35.0 Å². The van der Waals surface area contributed by atoms with Crippen molar-refractivity contribution in [1.82, 2.24) is 14.8 Å². The molecule has 4 nitrogen and oxygen atoms in total. The molecule has 1 atom stereocenters. The molecule has 0 spiro atoms. The molecule has 1 heterocycles. The van der Waals surface area contributed by atoms with Crippen molar-refractivity contribution in [1.29, 1.82) is 0 Å². The van der Waals surface area contributed by atoms with Gasteiger partial charge >= 0.3 is 0 Å². The molecular weight excluding hydrogens is 439 g/mol. The van der Waals surface area contributed by atoms with E-state index in [0.29, 0.717) is 39.6 Å². The fraction of sp³-hybridized carbons (Fsp3) is 0.200. The van der Waals surface area contributed by atoms with E-state index in [1.807, 2.05) is 4.57 Å². The number of benzene rings is 2. The topological polar surface area (TPSA) is 39.9 Å². The van der Waals surface area contributed by atoms with E-state index in [4.69, 9.17) is 27.9 Å². The van der Waals surface area contributed by atoms with Crippen LogP contribution in [0.15, 0.2) is 54.2 Å². The van der Waals surface area contributed by atoms with E-state index in [-0.39, 0.29) is 10.8 Å². The molecule has 1 unspecified atom stereocenters. The minimum absolute atomic E-state index is 0.162. The predicted molar refractivity (Wildman–Crippen MR) is 112 cm³/mol. The lowest BCUT2D eigenvalue weighted by molar-refractivity contribution is 0.210. The third-order valence-electron chi connectivity index (χ3n) is 4.03. The van der Waals surface area contributed by atoms with E-state index >= 15 is 0 Å². The Kier molecular flexibility index (Phi) is 7.16. The van der Waals surface area contributed by atoms with Gasteiger partial charge in [-0.15, -0.1) is 16.8 Å². The monoisotopic (exact) mass is 455 g/mol. The van der Waals surface area contributed by atoms with Gasteiger partial charge in [-0.25, -0.2) is 8.78 Å². The van der Waals surface area contributed by atoms with Crippen molar-refractivity contribution >= 4 is 35.0 Å². The van der Waals surface area contributed by atoms with Gasteiger partial charge in [-0.05, 0) is 37.3 Å². The summed E-state index contributed by atoms with van der Waals surface area (Å²) in [6.07, 6.45) is 1.18. The molecule has 0 fully saturated rings.